The van der Waals surface area contributed by atoms with Crippen molar-refractivity contribution < 1.29 is 23.5 Å². The van der Waals surface area contributed by atoms with Gasteiger partial charge in [-0.1, -0.05) is 6.42 Å². The second-order valence-electron chi connectivity index (χ2n) is 12.6. The molecule has 10 heteroatoms. The van der Waals surface area contributed by atoms with E-state index in [0.717, 1.165) is 92.1 Å². The van der Waals surface area contributed by atoms with E-state index in [0.29, 0.717) is 37.0 Å². The number of hydrogen-bond donors (Lipinski definition) is 1. The molecule has 0 spiro atoms. The van der Waals surface area contributed by atoms with Gasteiger partial charge in [-0.15, -0.1) is 0 Å². The van der Waals surface area contributed by atoms with Crippen LogP contribution in [0.2, 0.25) is 0 Å². The van der Waals surface area contributed by atoms with E-state index in [2.05, 4.69) is 16.4 Å². The third-order valence-corrected chi connectivity index (χ3v) is 9.54. The topological polar surface area (TPSA) is 120 Å². The van der Waals surface area contributed by atoms with E-state index >= 15 is 0 Å². The number of anilines is 1. The highest BCUT2D eigenvalue weighted by molar-refractivity contribution is 6.00. The number of nitrogens with zero attached hydrogens (tertiary/aromatic N) is 4. The Hall–Kier alpha value is -3.95. The van der Waals surface area contributed by atoms with Gasteiger partial charge in [0.1, 0.15) is 23.5 Å². The number of amides is 2. The molecule has 44 heavy (non-hydrogen) atoms. The second-order valence-corrected chi connectivity index (χ2v) is 12.6. The van der Waals surface area contributed by atoms with Gasteiger partial charge in [-0.25, -0.2) is 14.8 Å². The van der Waals surface area contributed by atoms with Crippen LogP contribution in [0.4, 0.5) is 10.6 Å². The largest absolute Gasteiger partial charge is 0.495 e. The van der Waals surface area contributed by atoms with Gasteiger partial charge in [0.15, 0.2) is 11.5 Å². The Balaban J connectivity index is 1.26. The lowest BCUT2D eigenvalue weighted by Gasteiger charge is -2.40. The van der Waals surface area contributed by atoms with E-state index in [1.807, 2.05) is 25.1 Å². The molecule has 0 radical (unpaired) electrons. The monoisotopic (exact) mass is 601 g/mol. The van der Waals surface area contributed by atoms with Gasteiger partial charge in [0.05, 0.1) is 12.8 Å². The number of nitrogens with one attached hydrogen (secondary N) is 1. The van der Waals surface area contributed by atoms with Crippen LogP contribution in [0.3, 0.4) is 0 Å². The molecule has 0 aromatic carbocycles. The van der Waals surface area contributed by atoms with Crippen molar-refractivity contribution in [1.29, 1.82) is 0 Å². The fraction of sp³-hybridized carbons (Fsp3) is 0.559. The van der Waals surface area contributed by atoms with E-state index in [4.69, 9.17) is 23.9 Å². The molecule has 1 N–H and O–H groups in total. The van der Waals surface area contributed by atoms with E-state index in [-0.39, 0.29) is 11.8 Å². The summed E-state index contributed by atoms with van der Waals surface area (Å²) in [5, 5.41) is 2.55. The van der Waals surface area contributed by atoms with Crippen molar-refractivity contribution in [3.05, 3.63) is 54.0 Å². The van der Waals surface area contributed by atoms with Crippen molar-refractivity contribution in [1.82, 2.24) is 20.3 Å². The summed E-state index contributed by atoms with van der Waals surface area (Å²) in [6, 6.07) is 7.89. The minimum absolute atomic E-state index is 0.196. The molecule has 3 aliphatic rings. The highest BCUT2D eigenvalue weighted by Crippen LogP contribution is 2.41. The highest BCUT2D eigenvalue weighted by Gasteiger charge is 2.47. The van der Waals surface area contributed by atoms with Gasteiger partial charge < -0.3 is 19.2 Å². The van der Waals surface area contributed by atoms with Crippen molar-refractivity contribution in [2.75, 3.05) is 25.6 Å². The molecule has 3 aromatic rings. The van der Waals surface area contributed by atoms with Crippen LogP contribution in [0.5, 0.6) is 5.75 Å². The molecule has 0 aliphatic heterocycles. The van der Waals surface area contributed by atoms with E-state index < -0.39 is 11.7 Å². The molecule has 0 bridgehead atoms. The van der Waals surface area contributed by atoms with Crippen molar-refractivity contribution in [3.8, 4) is 17.0 Å². The third kappa shape index (κ3) is 6.44. The molecule has 10 nitrogen and oxygen atoms in total. The minimum atomic E-state index is -1.22. The first-order chi connectivity index (χ1) is 21.4. The first kappa shape index (κ1) is 30.1. The lowest BCUT2D eigenvalue weighted by atomic mass is 9.79. The van der Waals surface area contributed by atoms with Gasteiger partial charge in [-0.05, 0) is 101 Å². The molecule has 234 valence electrons. The number of ether oxygens (including phenoxy) is 2. The normalized spacial score (nSPS) is 21.3. The zero-order valence-corrected chi connectivity index (χ0v) is 26.0. The van der Waals surface area contributed by atoms with Crippen molar-refractivity contribution >= 4 is 17.8 Å². The van der Waals surface area contributed by atoms with Crippen molar-refractivity contribution in [2.24, 2.45) is 5.92 Å². The van der Waals surface area contributed by atoms with Gasteiger partial charge in [0.25, 0.3) is 5.91 Å². The summed E-state index contributed by atoms with van der Waals surface area (Å²) >= 11 is 0. The van der Waals surface area contributed by atoms with Gasteiger partial charge in [0, 0.05) is 42.9 Å². The number of rotatable bonds is 9. The highest BCUT2D eigenvalue weighted by atomic mass is 16.6. The number of aryl methyl sites for hydroxylation is 1. The Kier molecular flexibility index (Phi) is 8.86. The van der Waals surface area contributed by atoms with Crippen molar-refractivity contribution in [3.63, 3.8) is 0 Å². The lowest BCUT2D eigenvalue weighted by Crippen LogP contribution is -2.55. The molecule has 3 aromatic heterocycles. The number of alkyl carbamates (subject to hydrolysis) is 1. The number of carbonyl (C=O) groups is 2. The van der Waals surface area contributed by atoms with Crippen LogP contribution < -0.4 is 15.0 Å². The number of oxazole rings is 1. The summed E-state index contributed by atoms with van der Waals surface area (Å²) in [5.41, 5.74) is 2.37. The van der Waals surface area contributed by atoms with Crippen LogP contribution in [0.15, 0.2) is 41.1 Å². The molecule has 3 saturated carbocycles. The SMILES string of the molecule is CNC(=O)OC1(C(=O)N(CC2CCC(c3ccc(OC)c(C)n3)CC2)c2cc(-c3coc(C4CC4)n3)ccn2)CCCCC1. The number of hydrogen-bond acceptors (Lipinski definition) is 8. The van der Waals surface area contributed by atoms with Crippen molar-refractivity contribution in [2.45, 2.75) is 95.0 Å². The molecule has 0 saturated heterocycles. The van der Waals surface area contributed by atoms with Crippen LogP contribution in [0.25, 0.3) is 11.3 Å². The van der Waals surface area contributed by atoms with Gasteiger partial charge >= 0.3 is 6.09 Å². The maximum absolute atomic E-state index is 14.6. The third-order valence-electron chi connectivity index (χ3n) is 9.54. The predicted molar refractivity (Wildman–Crippen MR) is 166 cm³/mol. The average molecular weight is 602 g/mol. The van der Waals surface area contributed by atoms with Crippen LogP contribution in [0.1, 0.15) is 99.7 Å². The Labute approximate surface area is 259 Å². The quantitative estimate of drug-likeness (QED) is 0.288. The van der Waals surface area contributed by atoms with E-state index in [1.165, 1.54) is 7.05 Å². The summed E-state index contributed by atoms with van der Waals surface area (Å²) < 4.78 is 17.1. The van der Waals surface area contributed by atoms with Gasteiger partial charge in [-0.3, -0.25) is 14.7 Å². The maximum atomic E-state index is 14.6. The molecule has 0 atom stereocenters. The number of pyridine rings is 2. The number of carbonyl (C=O) groups excluding carboxylic acids is 2. The Bertz CT molecular complexity index is 1470. The Morgan fingerprint density at radius 1 is 1.02 bits per heavy atom. The second kappa shape index (κ2) is 13.0. The zero-order valence-electron chi connectivity index (χ0n) is 26.0. The molecule has 3 fully saturated rings. The van der Waals surface area contributed by atoms with Gasteiger partial charge in [-0.2, -0.15) is 0 Å². The molecule has 3 heterocycles. The van der Waals surface area contributed by atoms with Crippen LogP contribution in [-0.4, -0.2) is 53.3 Å². The molecule has 2 amide bonds. The standard InChI is InChI=1S/C34H43N5O5/c1-22-29(42-3)14-13-27(37-22)24-9-7-23(8-10-24)20-39(32(40)34(44-33(41)35-2)16-5-4-6-17-34)30-19-26(15-18-36-30)28-21-43-31(38-28)25-11-12-25/h13-15,18-19,21,23-25H,4-12,16-17,20H2,1-3H3,(H,35,41). The molecule has 6 rings (SSSR count). The summed E-state index contributed by atoms with van der Waals surface area (Å²) in [7, 11) is 3.19. The summed E-state index contributed by atoms with van der Waals surface area (Å²) in [6.45, 7) is 2.48. The van der Waals surface area contributed by atoms with E-state index in [1.54, 1.807) is 24.5 Å². The fourth-order valence-electron chi connectivity index (χ4n) is 6.81. The van der Waals surface area contributed by atoms with Crippen LogP contribution in [-0.2, 0) is 9.53 Å². The van der Waals surface area contributed by atoms with Gasteiger partial charge in [0.2, 0.25) is 0 Å². The number of aromatic nitrogens is 3. The molecular weight excluding hydrogens is 558 g/mol. The first-order valence-electron chi connectivity index (χ1n) is 16.0. The fourth-order valence-corrected chi connectivity index (χ4v) is 6.81. The summed E-state index contributed by atoms with van der Waals surface area (Å²) in [6.07, 6.45) is 12.6. The Morgan fingerprint density at radius 2 is 1.77 bits per heavy atom. The Morgan fingerprint density at radius 3 is 2.45 bits per heavy atom. The summed E-state index contributed by atoms with van der Waals surface area (Å²) in [4.78, 5) is 43.1. The van der Waals surface area contributed by atoms with E-state index in [9.17, 15) is 9.59 Å². The molecule has 0 unspecified atom stereocenters. The first-order valence-corrected chi connectivity index (χ1v) is 16.0. The minimum Gasteiger partial charge on any atom is -0.495 e. The average Bonchev–Trinajstić information content (AvgIpc) is 3.79. The molecule has 3 aliphatic carbocycles. The predicted octanol–water partition coefficient (Wildman–Crippen LogP) is 6.69. The van der Waals surface area contributed by atoms with Crippen LogP contribution >= 0.6 is 0 Å². The smallest absolute Gasteiger partial charge is 0.407 e. The lowest BCUT2D eigenvalue weighted by molar-refractivity contribution is -0.140. The van der Waals surface area contributed by atoms with Crippen LogP contribution in [0, 0.1) is 12.8 Å². The number of methoxy groups -OCH3 is 1. The molecular formula is C34H43N5O5. The maximum Gasteiger partial charge on any atom is 0.407 e. The zero-order chi connectivity index (χ0) is 30.7. The summed E-state index contributed by atoms with van der Waals surface area (Å²) in [5.74, 6) is 2.97.